The van der Waals surface area contributed by atoms with E-state index in [2.05, 4.69) is 53.8 Å². The maximum Gasteiger partial charge on any atom is 0.00797 e. The van der Waals surface area contributed by atoms with Crippen molar-refractivity contribution >= 4 is 0 Å². The van der Waals surface area contributed by atoms with Gasteiger partial charge in [0.2, 0.25) is 0 Å². The minimum absolute atomic E-state index is 0.496. The van der Waals surface area contributed by atoms with Gasteiger partial charge in [-0.2, -0.15) is 0 Å². The SMILES string of the molecule is CCC(C)CC(C)NC1CC(C)(C)CC(C)(C)C1. The van der Waals surface area contributed by atoms with Gasteiger partial charge in [0.25, 0.3) is 0 Å². The van der Waals surface area contributed by atoms with Crippen LogP contribution in [0.4, 0.5) is 0 Å². The molecule has 1 aliphatic rings. The molecule has 0 amide bonds. The molecule has 2 unspecified atom stereocenters. The van der Waals surface area contributed by atoms with Crippen LogP contribution in [0.5, 0.6) is 0 Å². The number of hydrogen-bond acceptors (Lipinski definition) is 1. The zero-order valence-corrected chi connectivity index (χ0v) is 13.8. The topological polar surface area (TPSA) is 12.0 Å². The third-order valence-corrected chi connectivity index (χ3v) is 4.53. The third-order valence-electron chi connectivity index (χ3n) is 4.53. The van der Waals surface area contributed by atoms with Crippen molar-refractivity contribution in [2.75, 3.05) is 0 Å². The molecule has 0 aromatic rings. The standard InChI is InChI=1S/C17H35N/c1-8-13(2)9-14(3)18-15-10-16(4,5)12-17(6,7)11-15/h13-15,18H,8-12H2,1-7H3. The summed E-state index contributed by atoms with van der Waals surface area (Å²) in [5.41, 5.74) is 0.991. The molecule has 1 aliphatic carbocycles. The van der Waals surface area contributed by atoms with E-state index in [1.54, 1.807) is 0 Å². The molecule has 1 rings (SSSR count). The molecule has 18 heavy (non-hydrogen) atoms. The Bertz CT molecular complexity index is 238. The highest BCUT2D eigenvalue weighted by Gasteiger charge is 2.38. The van der Waals surface area contributed by atoms with E-state index >= 15 is 0 Å². The predicted octanol–water partition coefficient (Wildman–Crippen LogP) is 5.01. The molecule has 0 bridgehead atoms. The first-order valence-corrected chi connectivity index (χ1v) is 7.89. The normalized spacial score (nSPS) is 26.8. The van der Waals surface area contributed by atoms with Gasteiger partial charge in [-0.15, -0.1) is 0 Å². The second-order valence-electron chi connectivity index (χ2n) is 8.43. The summed E-state index contributed by atoms with van der Waals surface area (Å²) in [7, 11) is 0. The molecule has 0 aliphatic heterocycles. The Morgan fingerprint density at radius 3 is 2.00 bits per heavy atom. The first-order chi connectivity index (χ1) is 8.13. The van der Waals surface area contributed by atoms with E-state index < -0.39 is 0 Å². The van der Waals surface area contributed by atoms with E-state index in [9.17, 15) is 0 Å². The Hall–Kier alpha value is -0.0400. The summed E-state index contributed by atoms with van der Waals surface area (Å²) < 4.78 is 0. The minimum Gasteiger partial charge on any atom is -0.311 e. The van der Waals surface area contributed by atoms with Gasteiger partial charge < -0.3 is 5.32 Å². The summed E-state index contributed by atoms with van der Waals surface area (Å²) in [6.45, 7) is 16.8. The highest BCUT2D eigenvalue weighted by Crippen LogP contribution is 2.45. The van der Waals surface area contributed by atoms with Crippen LogP contribution in [0.25, 0.3) is 0 Å². The van der Waals surface area contributed by atoms with E-state index in [1.165, 1.54) is 32.1 Å². The Balaban J connectivity index is 2.51. The Kier molecular flexibility index (Phi) is 5.29. The summed E-state index contributed by atoms with van der Waals surface area (Å²) in [4.78, 5) is 0. The second-order valence-corrected chi connectivity index (χ2v) is 8.43. The molecule has 0 saturated heterocycles. The molecule has 1 saturated carbocycles. The lowest BCUT2D eigenvalue weighted by Gasteiger charge is -2.46. The summed E-state index contributed by atoms with van der Waals surface area (Å²) in [6.07, 6.45) is 6.64. The summed E-state index contributed by atoms with van der Waals surface area (Å²) in [5.74, 6) is 0.845. The van der Waals surface area contributed by atoms with Gasteiger partial charge in [0.15, 0.2) is 0 Å². The molecule has 108 valence electrons. The highest BCUT2D eigenvalue weighted by atomic mass is 15.0. The van der Waals surface area contributed by atoms with E-state index in [0.717, 1.165) is 5.92 Å². The molecule has 1 N–H and O–H groups in total. The molecular formula is C17H35N. The monoisotopic (exact) mass is 253 g/mol. The Morgan fingerprint density at radius 2 is 1.56 bits per heavy atom. The molecular weight excluding hydrogens is 218 g/mol. The summed E-state index contributed by atoms with van der Waals surface area (Å²) >= 11 is 0. The number of rotatable bonds is 5. The van der Waals surface area contributed by atoms with Gasteiger partial charge >= 0.3 is 0 Å². The van der Waals surface area contributed by atoms with Gasteiger partial charge in [-0.3, -0.25) is 0 Å². The summed E-state index contributed by atoms with van der Waals surface area (Å²) in [6, 6.07) is 1.37. The van der Waals surface area contributed by atoms with Crippen LogP contribution >= 0.6 is 0 Å². The predicted molar refractivity (Wildman–Crippen MR) is 81.9 cm³/mol. The van der Waals surface area contributed by atoms with Crippen molar-refractivity contribution < 1.29 is 0 Å². The lowest BCUT2D eigenvalue weighted by molar-refractivity contribution is 0.0798. The molecule has 1 heteroatoms. The van der Waals surface area contributed by atoms with Crippen LogP contribution in [-0.2, 0) is 0 Å². The average Bonchev–Trinajstić information content (AvgIpc) is 2.11. The highest BCUT2D eigenvalue weighted by molar-refractivity contribution is 4.93. The lowest BCUT2D eigenvalue weighted by atomic mass is 9.63. The second kappa shape index (κ2) is 5.94. The van der Waals surface area contributed by atoms with Gasteiger partial charge in [-0.25, -0.2) is 0 Å². The van der Waals surface area contributed by atoms with E-state index in [-0.39, 0.29) is 0 Å². The van der Waals surface area contributed by atoms with Crippen LogP contribution in [0.3, 0.4) is 0 Å². The fourth-order valence-corrected chi connectivity index (χ4v) is 4.20. The Morgan fingerprint density at radius 1 is 1.06 bits per heavy atom. The molecule has 1 nitrogen and oxygen atoms in total. The van der Waals surface area contributed by atoms with Crippen LogP contribution in [0.2, 0.25) is 0 Å². The quantitative estimate of drug-likeness (QED) is 0.726. The van der Waals surface area contributed by atoms with Crippen LogP contribution in [0.15, 0.2) is 0 Å². The maximum atomic E-state index is 3.90. The van der Waals surface area contributed by atoms with Gasteiger partial charge in [0.05, 0.1) is 0 Å². The fraction of sp³-hybridized carbons (Fsp3) is 1.00. The van der Waals surface area contributed by atoms with Crippen LogP contribution < -0.4 is 5.32 Å². The minimum atomic E-state index is 0.496. The van der Waals surface area contributed by atoms with Crippen molar-refractivity contribution in [1.82, 2.24) is 5.32 Å². The zero-order chi connectivity index (χ0) is 14.0. The van der Waals surface area contributed by atoms with Crippen molar-refractivity contribution in [2.24, 2.45) is 16.7 Å². The number of hydrogen-bond donors (Lipinski definition) is 1. The average molecular weight is 253 g/mol. The molecule has 2 atom stereocenters. The molecule has 0 aromatic carbocycles. The largest absolute Gasteiger partial charge is 0.311 e. The lowest BCUT2D eigenvalue weighted by Crippen LogP contribution is -2.47. The third kappa shape index (κ3) is 5.30. The van der Waals surface area contributed by atoms with Crippen molar-refractivity contribution in [1.29, 1.82) is 0 Å². The van der Waals surface area contributed by atoms with Crippen LogP contribution in [0.1, 0.15) is 80.6 Å². The number of nitrogens with one attached hydrogen (secondary N) is 1. The zero-order valence-electron chi connectivity index (χ0n) is 13.8. The molecule has 0 radical (unpaired) electrons. The van der Waals surface area contributed by atoms with Gasteiger partial charge in [-0.1, -0.05) is 48.0 Å². The van der Waals surface area contributed by atoms with Gasteiger partial charge in [-0.05, 0) is 49.4 Å². The first-order valence-electron chi connectivity index (χ1n) is 7.89. The first kappa shape index (κ1) is 16.0. The van der Waals surface area contributed by atoms with E-state index in [1.807, 2.05) is 0 Å². The molecule has 0 aromatic heterocycles. The van der Waals surface area contributed by atoms with Crippen molar-refractivity contribution in [3.05, 3.63) is 0 Å². The van der Waals surface area contributed by atoms with E-state index in [0.29, 0.717) is 22.9 Å². The summed E-state index contributed by atoms with van der Waals surface area (Å²) in [5, 5.41) is 3.90. The van der Waals surface area contributed by atoms with Gasteiger partial charge in [0, 0.05) is 12.1 Å². The van der Waals surface area contributed by atoms with Crippen LogP contribution in [-0.4, -0.2) is 12.1 Å². The van der Waals surface area contributed by atoms with Gasteiger partial charge in [0.1, 0.15) is 0 Å². The van der Waals surface area contributed by atoms with Crippen molar-refractivity contribution in [3.8, 4) is 0 Å². The maximum absolute atomic E-state index is 3.90. The van der Waals surface area contributed by atoms with E-state index in [4.69, 9.17) is 0 Å². The fourth-order valence-electron chi connectivity index (χ4n) is 4.20. The molecule has 0 spiro atoms. The molecule has 1 fully saturated rings. The van der Waals surface area contributed by atoms with Crippen molar-refractivity contribution in [2.45, 2.75) is 92.7 Å². The van der Waals surface area contributed by atoms with Crippen LogP contribution in [0, 0.1) is 16.7 Å². The van der Waals surface area contributed by atoms with Crippen molar-refractivity contribution in [3.63, 3.8) is 0 Å². The molecule has 0 heterocycles. The smallest absolute Gasteiger partial charge is 0.00797 e. The Labute approximate surface area is 115 Å².